The predicted molar refractivity (Wildman–Crippen MR) is 61.7 cm³/mol. The molecular formula is C12H11NO5. The molecule has 0 unspecified atom stereocenters. The number of ether oxygens (including phenoxy) is 1. The first-order chi connectivity index (χ1) is 8.54. The van der Waals surface area contributed by atoms with Crippen molar-refractivity contribution in [3.05, 3.63) is 23.8 Å². The Kier molecular flexibility index (Phi) is 3.01. The quantitative estimate of drug-likeness (QED) is 0.809. The van der Waals surface area contributed by atoms with E-state index >= 15 is 0 Å². The zero-order chi connectivity index (χ0) is 13.3. The lowest BCUT2D eigenvalue weighted by molar-refractivity contribution is -0.121. The summed E-state index contributed by atoms with van der Waals surface area (Å²) in [6, 6.07) is 4.05. The van der Waals surface area contributed by atoms with E-state index in [4.69, 9.17) is 9.84 Å². The van der Waals surface area contributed by atoms with Crippen molar-refractivity contribution < 1.29 is 24.2 Å². The smallest absolute Gasteiger partial charge is 0.335 e. The Hall–Kier alpha value is -2.37. The molecule has 1 saturated heterocycles. The molecule has 1 aromatic rings. The minimum atomic E-state index is -1.13. The molecule has 0 aromatic heterocycles. The van der Waals surface area contributed by atoms with Gasteiger partial charge in [0.15, 0.2) is 0 Å². The molecule has 18 heavy (non-hydrogen) atoms. The number of methoxy groups -OCH3 is 1. The van der Waals surface area contributed by atoms with Crippen molar-refractivity contribution in [2.75, 3.05) is 12.0 Å². The van der Waals surface area contributed by atoms with E-state index in [1.54, 1.807) is 0 Å². The van der Waals surface area contributed by atoms with Crippen LogP contribution < -0.4 is 9.64 Å². The minimum Gasteiger partial charge on any atom is -0.495 e. The maximum absolute atomic E-state index is 11.6. The fraction of sp³-hybridized carbons (Fsp3) is 0.250. The van der Waals surface area contributed by atoms with E-state index in [1.807, 2.05) is 0 Å². The third kappa shape index (κ3) is 1.92. The molecule has 0 saturated carbocycles. The number of aromatic carboxylic acids is 1. The highest BCUT2D eigenvalue weighted by Gasteiger charge is 2.32. The summed E-state index contributed by atoms with van der Waals surface area (Å²) < 4.78 is 5.05. The lowest BCUT2D eigenvalue weighted by Gasteiger charge is -2.17. The summed E-state index contributed by atoms with van der Waals surface area (Å²) >= 11 is 0. The Morgan fingerprint density at radius 1 is 1.28 bits per heavy atom. The van der Waals surface area contributed by atoms with Gasteiger partial charge in [-0.15, -0.1) is 0 Å². The third-order valence-corrected chi connectivity index (χ3v) is 2.72. The third-order valence-electron chi connectivity index (χ3n) is 2.72. The van der Waals surface area contributed by atoms with E-state index in [-0.39, 0.29) is 35.9 Å². The SMILES string of the molecule is COc1ccc(C(=O)O)cc1N1C(=O)CCC1=O. The molecule has 0 atom stereocenters. The van der Waals surface area contributed by atoms with E-state index < -0.39 is 5.97 Å². The van der Waals surface area contributed by atoms with Crippen LogP contribution in [0.15, 0.2) is 18.2 Å². The van der Waals surface area contributed by atoms with Crippen LogP contribution in [0.4, 0.5) is 5.69 Å². The van der Waals surface area contributed by atoms with Crippen LogP contribution in [0.3, 0.4) is 0 Å². The second kappa shape index (κ2) is 4.48. The lowest BCUT2D eigenvalue weighted by Crippen LogP contribution is -2.29. The molecule has 0 bridgehead atoms. The number of anilines is 1. The molecule has 0 spiro atoms. The Balaban J connectivity index is 2.53. The van der Waals surface area contributed by atoms with E-state index in [9.17, 15) is 14.4 Å². The summed E-state index contributed by atoms with van der Waals surface area (Å²) in [7, 11) is 1.39. The van der Waals surface area contributed by atoms with Gasteiger partial charge >= 0.3 is 5.97 Å². The molecule has 1 heterocycles. The number of imide groups is 1. The van der Waals surface area contributed by atoms with Gasteiger partial charge in [0.2, 0.25) is 11.8 Å². The first-order valence-electron chi connectivity index (χ1n) is 5.31. The van der Waals surface area contributed by atoms with E-state index in [2.05, 4.69) is 0 Å². The van der Waals surface area contributed by atoms with Gasteiger partial charge < -0.3 is 9.84 Å². The normalized spacial score (nSPS) is 15.1. The number of carboxylic acids is 1. The monoisotopic (exact) mass is 249 g/mol. The average molecular weight is 249 g/mol. The maximum Gasteiger partial charge on any atom is 0.335 e. The summed E-state index contributed by atoms with van der Waals surface area (Å²) in [5.74, 6) is -1.52. The Morgan fingerprint density at radius 3 is 2.39 bits per heavy atom. The van der Waals surface area contributed by atoms with Crippen LogP contribution >= 0.6 is 0 Å². The van der Waals surface area contributed by atoms with Gasteiger partial charge in [-0.05, 0) is 18.2 Å². The largest absolute Gasteiger partial charge is 0.495 e. The highest BCUT2D eigenvalue weighted by molar-refractivity contribution is 6.20. The molecule has 1 aliphatic heterocycles. The van der Waals surface area contributed by atoms with E-state index in [1.165, 1.54) is 25.3 Å². The molecule has 0 radical (unpaired) electrons. The van der Waals surface area contributed by atoms with Gasteiger partial charge in [0.05, 0.1) is 18.4 Å². The molecule has 1 N–H and O–H groups in total. The van der Waals surface area contributed by atoms with Crippen molar-refractivity contribution in [2.24, 2.45) is 0 Å². The number of hydrogen-bond acceptors (Lipinski definition) is 4. The second-order valence-electron chi connectivity index (χ2n) is 3.81. The van der Waals surface area contributed by atoms with Gasteiger partial charge in [-0.3, -0.25) is 9.59 Å². The highest BCUT2D eigenvalue weighted by atomic mass is 16.5. The summed E-state index contributed by atoms with van der Waals surface area (Å²) in [5, 5.41) is 8.92. The minimum absolute atomic E-state index is 0.00157. The number of carbonyl (C=O) groups is 3. The van der Waals surface area contributed by atoms with Crippen LogP contribution in [-0.4, -0.2) is 30.0 Å². The van der Waals surface area contributed by atoms with Crippen molar-refractivity contribution in [3.63, 3.8) is 0 Å². The molecule has 0 aliphatic carbocycles. The van der Waals surface area contributed by atoms with E-state index in [0.717, 1.165) is 4.90 Å². The molecule has 2 amide bonds. The molecule has 1 aliphatic rings. The van der Waals surface area contributed by atoms with Gasteiger partial charge in [0.1, 0.15) is 5.75 Å². The van der Waals surface area contributed by atoms with E-state index in [0.29, 0.717) is 5.75 Å². The number of hydrogen-bond donors (Lipinski definition) is 1. The Morgan fingerprint density at radius 2 is 1.89 bits per heavy atom. The topological polar surface area (TPSA) is 83.9 Å². The van der Waals surface area contributed by atoms with Gasteiger partial charge in [-0.25, -0.2) is 9.69 Å². The first-order valence-corrected chi connectivity index (χ1v) is 5.31. The summed E-state index contributed by atoms with van der Waals surface area (Å²) in [4.78, 5) is 35.2. The molecule has 6 heteroatoms. The van der Waals surface area contributed by atoms with Crippen LogP contribution in [0.5, 0.6) is 5.75 Å². The average Bonchev–Trinajstić information content (AvgIpc) is 2.68. The standard InChI is InChI=1S/C12H11NO5/c1-18-9-3-2-7(12(16)17)6-8(9)13-10(14)4-5-11(13)15/h2-3,6H,4-5H2,1H3,(H,16,17). The summed E-state index contributed by atoms with van der Waals surface area (Å²) in [6.45, 7) is 0. The van der Waals surface area contributed by atoms with Crippen LogP contribution in [0, 0.1) is 0 Å². The lowest BCUT2D eigenvalue weighted by atomic mass is 10.1. The first kappa shape index (κ1) is 12.1. The number of amides is 2. The van der Waals surface area contributed by atoms with Crippen LogP contribution in [0.2, 0.25) is 0 Å². The Labute approximate surface area is 103 Å². The van der Waals surface area contributed by atoms with Crippen LogP contribution in [0.1, 0.15) is 23.2 Å². The molecule has 94 valence electrons. The van der Waals surface area contributed by atoms with Crippen LogP contribution in [0.25, 0.3) is 0 Å². The van der Waals surface area contributed by atoms with Crippen molar-refractivity contribution in [1.82, 2.24) is 0 Å². The van der Waals surface area contributed by atoms with Crippen molar-refractivity contribution >= 4 is 23.5 Å². The molecular weight excluding hydrogens is 238 g/mol. The predicted octanol–water partition coefficient (Wildman–Crippen LogP) is 1.05. The number of carboxylic acid groups (broad SMARTS) is 1. The number of carbonyl (C=O) groups excluding carboxylic acids is 2. The summed E-state index contributed by atoms with van der Waals surface area (Å²) in [6.07, 6.45) is 0.276. The fourth-order valence-corrected chi connectivity index (χ4v) is 1.84. The van der Waals surface area contributed by atoms with Crippen molar-refractivity contribution in [1.29, 1.82) is 0 Å². The van der Waals surface area contributed by atoms with Gasteiger partial charge in [0, 0.05) is 12.8 Å². The van der Waals surface area contributed by atoms with Crippen molar-refractivity contribution in [2.45, 2.75) is 12.8 Å². The fourth-order valence-electron chi connectivity index (χ4n) is 1.84. The highest BCUT2D eigenvalue weighted by Crippen LogP contribution is 2.32. The number of benzene rings is 1. The maximum atomic E-state index is 11.6. The summed E-state index contributed by atoms with van der Waals surface area (Å²) in [5.41, 5.74) is 0.184. The molecule has 1 fully saturated rings. The van der Waals surface area contributed by atoms with Crippen molar-refractivity contribution in [3.8, 4) is 5.75 Å². The zero-order valence-corrected chi connectivity index (χ0v) is 9.67. The van der Waals surface area contributed by atoms with Gasteiger partial charge in [0.25, 0.3) is 0 Å². The zero-order valence-electron chi connectivity index (χ0n) is 9.67. The second-order valence-corrected chi connectivity index (χ2v) is 3.81. The Bertz CT molecular complexity index is 521. The van der Waals surface area contributed by atoms with Crippen LogP contribution in [-0.2, 0) is 9.59 Å². The molecule has 2 rings (SSSR count). The molecule has 1 aromatic carbocycles. The number of nitrogens with zero attached hydrogens (tertiary/aromatic N) is 1. The number of rotatable bonds is 3. The van der Waals surface area contributed by atoms with Gasteiger partial charge in [-0.1, -0.05) is 0 Å². The van der Waals surface area contributed by atoms with Gasteiger partial charge in [-0.2, -0.15) is 0 Å². The molecule has 6 nitrogen and oxygen atoms in total.